The number of nitrogens with zero attached hydrogens (tertiary/aromatic N) is 3. The molecule has 0 aliphatic heterocycles. The highest BCUT2D eigenvalue weighted by atomic mass is 32.2. The molecule has 0 radical (unpaired) electrons. The number of amides is 1. The first-order chi connectivity index (χ1) is 13.7. The van der Waals surface area contributed by atoms with Crippen molar-refractivity contribution < 1.29 is 13.2 Å². The van der Waals surface area contributed by atoms with Gasteiger partial charge >= 0.3 is 0 Å². The number of carbonyl (C=O) groups excluding carboxylic acids is 1. The van der Waals surface area contributed by atoms with E-state index >= 15 is 0 Å². The number of fused-ring (bicyclic) bond motifs is 1. The molecular weight excluding hydrogens is 400 g/mol. The second-order valence-corrected chi connectivity index (χ2v) is 12.0. The Labute approximate surface area is 180 Å². The molecule has 0 atom stereocenters. The molecule has 0 unspecified atom stereocenters. The summed E-state index contributed by atoms with van der Waals surface area (Å²) in [6, 6.07) is 5.00. The minimum Gasteiger partial charge on any atom is -0.351 e. The molecular formula is C22H36N4O3S. The SMILES string of the molecule is CCn1c(CCC(=O)NC(C)(C)CC(C)(C)C)nc2cc(S(=O)(=O)N(C)C)ccc21. The van der Waals surface area contributed by atoms with Crippen molar-refractivity contribution >= 4 is 27.0 Å². The van der Waals surface area contributed by atoms with Crippen LogP contribution >= 0.6 is 0 Å². The summed E-state index contributed by atoms with van der Waals surface area (Å²) in [6.45, 7) is 13.3. The van der Waals surface area contributed by atoms with E-state index in [9.17, 15) is 13.2 Å². The third kappa shape index (κ3) is 5.82. The molecule has 1 aromatic carbocycles. The third-order valence-electron chi connectivity index (χ3n) is 4.92. The van der Waals surface area contributed by atoms with Gasteiger partial charge in [-0.1, -0.05) is 20.8 Å². The van der Waals surface area contributed by atoms with Crippen LogP contribution in [0, 0.1) is 5.41 Å². The maximum absolute atomic E-state index is 12.6. The quantitative estimate of drug-likeness (QED) is 0.686. The van der Waals surface area contributed by atoms with Gasteiger partial charge in [0.15, 0.2) is 0 Å². The molecule has 2 rings (SSSR count). The number of aryl methyl sites for hydroxylation is 2. The lowest BCUT2D eigenvalue weighted by Crippen LogP contribution is -2.45. The molecule has 0 bridgehead atoms. The molecule has 168 valence electrons. The van der Waals surface area contributed by atoms with E-state index in [0.717, 1.165) is 17.8 Å². The van der Waals surface area contributed by atoms with E-state index in [4.69, 9.17) is 0 Å². The summed E-state index contributed by atoms with van der Waals surface area (Å²) >= 11 is 0. The van der Waals surface area contributed by atoms with Gasteiger partial charge in [0.1, 0.15) is 5.82 Å². The molecule has 0 aliphatic rings. The maximum atomic E-state index is 12.6. The predicted molar refractivity (Wildman–Crippen MR) is 121 cm³/mol. The molecule has 1 N–H and O–H groups in total. The van der Waals surface area contributed by atoms with E-state index in [1.165, 1.54) is 18.4 Å². The van der Waals surface area contributed by atoms with Gasteiger partial charge in [0, 0.05) is 39.0 Å². The molecule has 7 nitrogen and oxygen atoms in total. The second kappa shape index (κ2) is 8.67. The Morgan fingerprint density at radius 3 is 2.33 bits per heavy atom. The summed E-state index contributed by atoms with van der Waals surface area (Å²) in [5, 5.41) is 3.13. The molecule has 30 heavy (non-hydrogen) atoms. The van der Waals surface area contributed by atoms with Crippen LogP contribution in [0.1, 0.15) is 60.2 Å². The van der Waals surface area contributed by atoms with Crippen molar-refractivity contribution in [1.29, 1.82) is 0 Å². The summed E-state index contributed by atoms with van der Waals surface area (Å²) in [4.78, 5) is 17.4. The first kappa shape index (κ1) is 24.3. The minimum absolute atomic E-state index is 0.00478. The third-order valence-corrected chi connectivity index (χ3v) is 6.73. The average molecular weight is 437 g/mol. The number of carbonyl (C=O) groups is 1. The zero-order chi connectivity index (χ0) is 22.9. The van der Waals surface area contributed by atoms with E-state index in [2.05, 4.69) is 31.1 Å². The Bertz CT molecular complexity index is 1010. The molecule has 8 heteroatoms. The zero-order valence-corrected chi connectivity index (χ0v) is 20.4. The molecule has 0 spiro atoms. The summed E-state index contributed by atoms with van der Waals surface area (Å²) < 4.78 is 28.1. The fraction of sp³-hybridized carbons (Fsp3) is 0.636. The number of rotatable bonds is 8. The standard InChI is InChI=1S/C22H36N4O3S/c1-9-26-18-11-10-16(30(28,29)25(7)8)14-17(18)23-19(26)12-13-20(27)24-22(5,6)15-21(2,3)4/h10-11,14H,9,12-13,15H2,1-8H3,(H,24,27). The molecule has 2 aromatic rings. The predicted octanol–water partition coefficient (Wildman–Crippen LogP) is 3.57. The smallest absolute Gasteiger partial charge is 0.242 e. The Morgan fingerprint density at radius 1 is 1.17 bits per heavy atom. The highest BCUT2D eigenvalue weighted by Gasteiger charge is 2.27. The second-order valence-electron chi connectivity index (χ2n) is 9.88. The highest BCUT2D eigenvalue weighted by Crippen LogP contribution is 2.27. The normalized spacial score (nSPS) is 13.2. The maximum Gasteiger partial charge on any atom is 0.242 e. The van der Waals surface area contributed by atoms with Crippen molar-refractivity contribution in [3.63, 3.8) is 0 Å². The van der Waals surface area contributed by atoms with Gasteiger partial charge in [-0.2, -0.15) is 0 Å². The molecule has 0 saturated carbocycles. The van der Waals surface area contributed by atoms with Crippen molar-refractivity contribution in [1.82, 2.24) is 19.2 Å². The Balaban J connectivity index is 2.21. The van der Waals surface area contributed by atoms with Crippen LogP contribution in [0.5, 0.6) is 0 Å². The van der Waals surface area contributed by atoms with Crippen LogP contribution in [0.15, 0.2) is 23.1 Å². The lowest BCUT2D eigenvalue weighted by molar-refractivity contribution is -0.122. The van der Waals surface area contributed by atoms with Crippen LogP contribution in [-0.2, 0) is 27.8 Å². The summed E-state index contributed by atoms with van der Waals surface area (Å²) in [5.41, 5.74) is 1.34. The monoisotopic (exact) mass is 436 g/mol. The van der Waals surface area contributed by atoms with Gasteiger partial charge in [0.2, 0.25) is 15.9 Å². The molecule has 0 saturated heterocycles. The van der Waals surface area contributed by atoms with Crippen LogP contribution in [0.2, 0.25) is 0 Å². The van der Waals surface area contributed by atoms with Gasteiger partial charge in [-0.15, -0.1) is 0 Å². The number of hydrogen-bond donors (Lipinski definition) is 1. The van der Waals surface area contributed by atoms with E-state index < -0.39 is 10.0 Å². The average Bonchev–Trinajstić information content (AvgIpc) is 2.93. The number of hydrogen-bond acceptors (Lipinski definition) is 4. The van der Waals surface area contributed by atoms with Gasteiger partial charge < -0.3 is 9.88 Å². The van der Waals surface area contributed by atoms with Gasteiger partial charge in [-0.05, 0) is 50.8 Å². The Hall–Kier alpha value is -1.93. The largest absolute Gasteiger partial charge is 0.351 e. The van der Waals surface area contributed by atoms with Crippen LogP contribution < -0.4 is 5.32 Å². The Kier molecular flexibility index (Phi) is 7.03. The van der Waals surface area contributed by atoms with Gasteiger partial charge in [0.25, 0.3) is 0 Å². The lowest BCUT2D eigenvalue weighted by Gasteiger charge is -2.33. The van der Waals surface area contributed by atoms with Gasteiger partial charge in [0.05, 0.1) is 15.9 Å². The zero-order valence-electron chi connectivity index (χ0n) is 19.5. The molecule has 1 heterocycles. The van der Waals surface area contributed by atoms with E-state index in [-0.39, 0.29) is 21.8 Å². The number of aromatic nitrogens is 2. The first-order valence-electron chi connectivity index (χ1n) is 10.4. The summed E-state index contributed by atoms with van der Waals surface area (Å²) in [6.07, 6.45) is 1.71. The lowest BCUT2D eigenvalue weighted by atomic mass is 9.82. The van der Waals surface area contributed by atoms with Crippen LogP contribution in [-0.4, -0.2) is 47.8 Å². The van der Waals surface area contributed by atoms with Gasteiger partial charge in [-0.3, -0.25) is 4.79 Å². The summed E-state index contributed by atoms with van der Waals surface area (Å²) in [5.74, 6) is 0.783. The van der Waals surface area contributed by atoms with Crippen molar-refractivity contribution in [2.24, 2.45) is 5.41 Å². The highest BCUT2D eigenvalue weighted by molar-refractivity contribution is 7.89. The molecule has 1 aromatic heterocycles. The van der Waals surface area contributed by atoms with E-state index in [1.807, 2.05) is 25.3 Å². The van der Waals surface area contributed by atoms with Crippen molar-refractivity contribution in [3.8, 4) is 0 Å². The Morgan fingerprint density at radius 2 is 1.80 bits per heavy atom. The van der Waals surface area contributed by atoms with E-state index in [0.29, 0.717) is 24.9 Å². The first-order valence-corrected chi connectivity index (χ1v) is 11.8. The van der Waals surface area contributed by atoms with Crippen LogP contribution in [0.4, 0.5) is 0 Å². The number of nitrogens with one attached hydrogen (secondary N) is 1. The number of imidazole rings is 1. The fourth-order valence-corrected chi connectivity index (χ4v) is 5.03. The molecule has 0 fully saturated rings. The number of sulfonamides is 1. The van der Waals surface area contributed by atoms with Crippen molar-refractivity contribution in [2.45, 2.75) is 77.8 Å². The van der Waals surface area contributed by atoms with Crippen LogP contribution in [0.3, 0.4) is 0 Å². The van der Waals surface area contributed by atoms with Crippen molar-refractivity contribution in [3.05, 3.63) is 24.0 Å². The number of benzene rings is 1. The fourth-order valence-electron chi connectivity index (χ4n) is 4.11. The molecule has 1 amide bonds. The summed E-state index contributed by atoms with van der Waals surface area (Å²) in [7, 11) is -0.501. The topological polar surface area (TPSA) is 84.3 Å². The van der Waals surface area contributed by atoms with Crippen LogP contribution in [0.25, 0.3) is 11.0 Å². The van der Waals surface area contributed by atoms with Gasteiger partial charge in [-0.25, -0.2) is 17.7 Å². The molecule has 0 aliphatic carbocycles. The van der Waals surface area contributed by atoms with E-state index in [1.54, 1.807) is 18.2 Å². The minimum atomic E-state index is -3.52. The van der Waals surface area contributed by atoms with Crippen molar-refractivity contribution in [2.75, 3.05) is 14.1 Å².